The van der Waals surface area contributed by atoms with Crippen LogP contribution in [0.5, 0.6) is 0 Å². The van der Waals surface area contributed by atoms with Gasteiger partial charge in [-0.15, -0.1) is 0 Å². The molecule has 2 amide bonds. The van der Waals surface area contributed by atoms with Gasteiger partial charge in [-0.3, -0.25) is 4.79 Å². The second kappa shape index (κ2) is 9.09. The van der Waals surface area contributed by atoms with Crippen LogP contribution < -0.4 is 11.1 Å². The Hall–Kier alpha value is -2.87. The van der Waals surface area contributed by atoms with Crippen molar-refractivity contribution in [3.05, 3.63) is 35.9 Å². The summed E-state index contributed by atoms with van der Waals surface area (Å²) >= 11 is 0. The number of hydrogen-bond acceptors (Lipinski definition) is 6. The lowest BCUT2D eigenvalue weighted by Gasteiger charge is -2.26. The van der Waals surface area contributed by atoms with Crippen LogP contribution in [0.1, 0.15) is 39.7 Å². The van der Waals surface area contributed by atoms with Gasteiger partial charge in [0.2, 0.25) is 5.91 Å². The fraction of sp³-hybridized carbons (Fsp3) is 0.476. The maximum absolute atomic E-state index is 12.7. The van der Waals surface area contributed by atoms with Crippen LogP contribution in [0.4, 0.5) is 10.5 Å². The van der Waals surface area contributed by atoms with Crippen molar-refractivity contribution in [2.45, 2.75) is 45.3 Å². The number of carbonyl (C=O) groups excluding carboxylic acids is 3. The van der Waals surface area contributed by atoms with Crippen molar-refractivity contribution in [1.82, 2.24) is 4.90 Å². The largest absolute Gasteiger partial charge is 0.463 e. The van der Waals surface area contributed by atoms with Crippen LogP contribution >= 0.6 is 0 Å². The number of amides is 2. The number of ether oxygens (including phenoxy) is 2. The fourth-order valence-electron chi connectivity index (χ4n) is 2.79. The van der Waals surface area contributed by atoms with Crippen molar-refractivity contribution >= 4 is 29.7 Å². The number of hydrogen-bond donors (Lipinski definition) is 2. The van der Waals surface area contributed by atoms with E-state index in [0.29, 0.717) is 25.3 Å². The van der Waals surface area contributed by atoms with Gasteiger partial charge in [-0.05, 0) is 57.9 Å². The van der Waals surface area contributed by atoms with Crippen LogP contribution in [0.3, 0.4) is 0 Å². The summed E-state index contributed by atoms with van der Waals surface area (Å²) in [4.78, 5) is 37.7. The quantitative estimate of drug-likeness (QED) is 0.577. The molecule has 1 heterocycles. The van der Waals surface area contributed by atoms with E-state index in [0.717, 1.165) is 5.56 Å². The molecule has 1 saturated heterocycles. The molecule has 0 spiro atoms. The third-order valence-electron chi connectivity index (χ3n) is 4.27. The fourth-order valence-corrected chi connectivity index (χ4v) is 2.79. The predicted octanol–water partition coefficient (Wildman–Crippen LogP) is 2.54. The highest BCUT2D eigenvalue weighted by atomic mass is 16.6. The van der Waals surface area contributed by atoms with Crippen LogP contribution in [-0.2, 0) is 19.1 Å². The molecule has 2 rings (SSSR count). The highest BCUT2D eigenvalue weighted by Gasteiger charge is 2.43. The van der Waals surface area contributed by atoms with E-state index in [4.69, 9.17) is 15.2 Å². The van der Waals surface area contributed by atoms with Crippen molar-refractivity contribution in [3.8, 4) is 0 Å². The molecule has 0 unspecified atom stereocenters. The van der Waals surface area contributed by atoms with Gasteiger partial charge in [0.1, 0.15) is 11.1 Å². The summed E-state index contributed by atoms with van der Waals surface area (Å²) in [5.41, 5.74) is 5.83. The van der Waals surface area contributed by atoms with Gasteiger partial charge < -0.3 is 25.4 Å². The third kappa shape index (κ3) is 6.60. The molecule has 0 radical (unpaired) electrons. The van der Waals surface area contributed by atoms with E-state index in [1.807, 2.05) is 0 Å². The number of nitrogens with zero attached hydrogens (tertiary/aromatic N) is 1. The highest BCUT2D eigenvalue weighted by Crippen LogP contribution is 2.23. The number of anilines is 1. The Morgan fingerprint density at radius 3 is 2.48 bits per heavy atom. The van der Waals surface area contributed by atoms with Gasteiger partial charge in [-0.25, -0.2) is 9.59 Å². The van der Waals surface area contributed by atoms with Crippen molar-refractivity contribution in [2.75, 3.05) is 25.0 Å². The first-order chi connectivity index (χ1) is 13.5. The Kier molecular flexibility index (Phi) is 7.02. The van der Waals surface area contributed by atoms with E-state index in [9.17, 15) is 14.4 Å². The minimum absolute atomic E-state index is 0.0914. The molecule has 0 aliphatic carbocycles. The summed E-state index contributed by atoms with van der Waals surface area (Å²) in [6.45, 7) is 7.87. The Bertz CT molecular complexity index is 783. The first-order valence-corrected chi connectivity index (χ1v) is 9.55. The molecule has 1 atom stereocenters. The van der Waals surface area contributed by atoms with E-state index >= 15 is 0 Å². The highest BCUT2D eigenvalue weighted by molar-refractivity contribution is 5.99. The van der Waals surface area contributed by atoms with Crippen molar-refractivity contribution < 1.29 is 23.9 Å². The number of esters is 1. The SMILES string of the molecule is CCOC(=O)/C=C/c1ccc(NC(=O)[C@]2(N)CCN(C(=O)OC(C)(C)C)C2)cc1. The number of rotatable bonds is 5. The van der Waals surface area contributed by atoms with Crippen molar-refractivity contribution in [1.29, 1.82) is 0 Å². The maximum atomic E-state index is 12.7. The predicted molar refractivity (Wildman–Crippen MR) is 110 cm³/mol. The molecule has 0 bridgehead atoms. The van der Waals surface area contributed by atoms with Gasteiger partial charge in [0.05, 0.1) is 13.2 Å². The second-order valence-electron chi connectivity index (χ2n) is 7.97. The number of likely N-dealkylation sites (tertiary alicyclic amines) is 1. The van der Waals surface area contributed by atoms with Crippen molar-refractivity contribution in [3.63, 3.8) is 0 Å². The summed E-state index contributed by atoms with van der Waals surface area (Å²) in [5.74, 6) is -0.774. The van der Waals surface area contributed by atoms with E-state index in [2.05, 4.69) is 5.32 Å². The van der Waals surface area contributed by atoms with Gasteiger partial charge in [-0.2, -0.15) is 0 Å². The van der Waals surface area contributed by atoms with E-state index < -0.39 is 23.2 Å². The smallest absolute Gasteiger partial charge is 0.410 e. The summed E-state index contributed by atoms with van der Waals surface area (Å²) in [7, 11) is 0. The zero-order valence-electron chi connectivity index (χ0n) is 17.4. The van der Waals surface area contributed by atoms with Crippen molar-refractivity contribution in [2.24, 2.45) is 5.73 Å². The van der Waals surface area contributed by atoms with Gasteiger partial charge in [-0.1, -0.05) is 12.1 Å². The van der Waals surface area contributed by atoms with Crippen LogP contribution in [0, 0.1) is 0 Å². The summed E-state index contributed by atoms with van der Waals surface area (Å²) in [5, 5.41) is 2.79. The first kappa shape index (κ1) is 22.4. The topological polar surface area (TPSA) is 111 Å². The lowest BCUT2D eigenvalue weighted by atomic mass is 9.99. The molecule has 29 heavy (non-hydrogen) atoms. The van der Waals surface area contributed by atoms with Crippen LogP contribution in [-0.4, -0.2) is 53.7 Å². The van der Waals surface area contributed by atoms with Gasteiger partial charge >= 0.3 is 12.1 Å². The lowest BCUT2D eigenvalue weighted by Crippen LogP contribution is -2.53. The van der Waals surface area contributed by atoms with E-state index in [1.165, 1.54) is 11.0 Å². The van der Waals surface area contributed by atoms with Crippen LogP contribution in [0.15, 0.2) is 30.3 Å². The number of carbonyl (C=O) groups is 3. The number of nitrogens with one attached hydrogen (secondary N) is 1. The summed E-state index contributed by atoms with van der Waals surface area (Å²) in [6, 6.07) is 6.95. The lowest BCUT2D eigenvalue weighted by molar-refractivity contribution is -0.137. The Labute approximate surface area is 171 Å². The molecule has 1 aromatic rings. The minimum atomic E-state index is -1.18. The zero-order valence-corrected chi connectivity index (χ0v) is 17.4. The Morgan fingerprint density at radius 2 is 1.90 bits per heavy atom. The summed E-state index contributed by atoms with van der Waals surface area (Å²) in [6.07, 6.45) is 2.84. The van der Waals surface area contributed by atoms with E-state index in [-0.39, 0.29) is 12.5 Å². The van der Waals surface area contributed by atoms with E-state index in [1.54, 1.807) is 58.0 Å². The molecule has 1 aromatic carbocycles. The summed E-state index contributed by atoms with van der Waals surface area (Å²) < 4.78 is 10.2. The van der Waals surface area contributed by atoms with Crippen LogP contribution in [0.25, 0.3) is 6.08 Å². The normalized spacial score (nSPS) is 19.3. The maximum Gasteiger partial charge on any atom is 0.410 e. The Balaban J connectivity index is 1.94. The molecule has 8 heteroatoms. The molecule has 158 valence electrons. The molecular formula is C21H29N3O5. The average Bonchev–Trinajstić information content (AvgIpc) is 3.04. The molecule has 8 nitrogen and oxygen atoms in total. The molecule has 3 N–H and O–H groups in total. The number of nitrogens with two attached hydrogens (primary N) is 1. The van der Waals surface area contributed by atoms with Gasteiger partial charge in [0.15, 0.2) is 0 Å². The standard InChI is InChI=1S/C21H29N3O5/c1-5-28-17(25)11-8-15-6-9-16(10-7-15)23-18(26)21(22)12-13-24(14-21)19(27)29-20(2,3)4/h6-11H,5,12-14,22H2,1-4H3,(H,23,26)/b11-8+/t21-/m0/s1. The molecular weight excluding hydrogens is 374 g/mol. The van der Waals surface area contributed by atoms with Gasteiger partial charge in [0.25, 0.3) is 0 Å². The second-order valence-corrected chi connectivity index (χ2v) is 7.97. The zero-order chi connectivity index (χ0) is 21.7. The van der Waals surface area contributed by atoms with Gasteiger partial charge in [0, 0.05) is 18.3 Å². The monoisotopic (exact) mass is 403 g/mol. The average molecular weight is 403 g/mol. The molecule has 0 aromatic heterocycles. The molecule has 0 saturated carbocycles. The van der Waals surface area contributed by atoms with Crippen LogP contribution in [0.2, 0.25) is 0 Å². The minimum Gasteiger partial charge on any atom is -0.463 e. The Morgan fingerprint density at radius 1 is 1.24 bits per heavy atom. The molecule has 1 aliphatic rings. The molecule has 1 aliphatic heterocycles. The molecule has 1 fully saturated rings. The first-order valence-electron chi connectivity index (χ1n) is 9.55. The third-order valence-corrected chi connectivity index (χ3v) is 4.27. The number of benzene rings is 1.